The van der Waals surface area contributed by atoms with Gasteiger partial charge in [0.15, 0.2) is 0 Å². The number of amides is 1. The number of nitrogens with two attached hydrogens (primary N) is 1. The van der Waals surface area contributed by atoms with Gasteiger partial charge in [-0.2, -0.15) is 4.68 Å². The fourth-order valence-corrected chi connectivity index (χ4v) is 2.67. The van der Waals surface area contributed by atoms with Gasteiger partial charge in [-0.3, -0.25) is 4.79 Å². The van der Waals surface area contributed by atoms with Crippen LogP contribution in [0.2, 0.25) is 0 Å². The first-order valence-corrected chi connectivity index (χ1v) is 7.11. The molecule has 0 saturated carbocycles. The Morgan fingerprint density at radius 1 is 1.27 bits per heavy atom. The van der Waals surface area contributed by atoms with Crippen LogP contribution in [0.25, 0.3) is 5.69 Å². The summed E-state index contributed by atoms with van der Waals surface area (Å²) in [5.41, 5.74) is 7.02. The molecule has 1 aliphatic heterocycles. The molecule has 0 spiro atoms. The molecule has 0 aliphatic carbocycles. The zero-order chi connectivity index (χ0) is 14.7. The highest BCUT2D eigenvalue weighted by Crippen LogP contribution is 2.20. The van der Waals surface area contributed by atoms with Crippen molar-refractivity contribution >= 4 is 18.3 Å². The summed E-state index contributed by atoms with van der Waals surface area (Å²) >= 11 is 0. The summed E-state index contributed by atoms with van der Waals surface area (Å²) in [5.74, 6) is 0.556. The molecule has 2 aromatic rings. The molecule has 1 aromatic heterocycles. The highest BCUT2D eigenvalue weighted by atomic mass is 35.5. The number of para-hydroxylation sites is 1. The molecule has 22 heavy (non-hydrogen) atoms. The molecule has 8 heteroatoms. The normalized spacial score (nSPS) is 15.4. The molecule has 1 aromatic carbocycles. The molecule has 0 atom stereocenters. The Hall–Kier alpha value is -1.99. The fraction of sp³-hybridized carbons (Fsp3) is 0.429. The van der Waals surface area contributed by atoms with Crippen molar-refractivity contribution in [3.8, 4) is 5.69 Å². The van der Waals surface area contributed by atoms with Gasteiger partial charge in [-0.1, -0.05) is 12.1 Å². The van der Waals surface area contributed by atoms with Gasteiger partial charge in [0.05, 0.1) is 11.3 Å². The number of benzene rings is 1. The van der Waals surface area contributed by atoms with Gasteiger partial charge < -0.3 is 10.6 Å². The van der Waals surface area contributed by atoms with Crippen LogP contribution < -0.4 is 5.73 Å². The molecule has 1 amide bonds. The van der Waals surface area contributed by atoms with Crippen LogP contribution in [0.15, 0.2) is 30.6 Å². The van der Waals surface area contributed by atoms with Crippen molar-refractivity contribution in [3.05, 3.63) is 36.2 Å². The molecule has 118 valence electrons. The van der Waals surface area contributed by atoms with Crippen molar-refractivity contribution in [2.24, 2.45) is 11.7 Å². The summed E-state index contributed by atoms with van der Waals surface area (Å²) in [4.78, 5) is 14.6. The summed E-state index contributed by atoms with van der Waals surface area (Å²) in [6, 6.07) is 7.38. The lowest BCUT2D eigenvalue weighted by Gasteiger charge is -2.31. The number of hydrogen-bond donors (Lipinski definition) is 1. The van der Waals surface area contributed by atoms with Crippen LogP contribution >= 0.6 is 12.4 Å². The zero-order valence-corrected chi connectivity index (χ0v) is 12.9. The predicted octanol–water partition coefficient (Wildman–Crippen LogP) is 0.895. The summed E-state index contributed by atoms with van der Waals surface area (Å²) in [6.45, 7) is 2.21. The number of aromatic nitrogens is 4. The molecule has 0 radical (unpaired) electrons. The van der Waals surface area contributed by atoms with E-state index in [1.54, 1.807) is 0 Å². The minimum Gasteiger partial charge on any atom is -0.339 e. The van der Waals surface area contributed by atoms with Crippen molar-refractivity contribution < 1.29 is 4.79 Å². The Morgan fingerprint density at radius 3 is 2.64 bits per heavy atom. The average Bonchev–Trinajstić information content (AvgIpc) is 3.08. The number of piperidine rings is 1. The van der Waals surface area contributed by atoms with Gasteiger partial charge in [0, 0.05) is 13.1 Å². The quantitative estimate of drug-likeness (QED) is 0.906. The second-order valence-electron chi connectivity index (χ2n) is 5.24. The number of hydrogen-bond acceptors (Lipinski definition) is 5. The van der Waals surface area contributed by atoms with E-state index in [4.69, 9.17) is 5.73 Å². The molecule has 2 N–H and O–H groups in total. The van der Waals surface area contributed by atoms with Gasteiger partial charge in [-0.25, -0.2) is 0 Å². The van der Waals surface area contributed by atoms with Crippen LogP contribution in [0.4, 0.5) is 0 Å². The van der Waals surface area contributed by atoms with E-state index in [-0.39, 0.29) is 18.3 Å². The first-order valence-electron chi connectivity index (χ1n) is 7.11. The van der Waals surface area contributed by atoms with Gasteiger partial charge >= 0.3 is 0 Å². The lowest BCUT2D eigenvalue weighted by atomic mass is 9.96. The van der Waals surface area contributed by atoms with Gasteiger partial charge in [-0.05, 0) is 47.9 Å². The Balaban J connectivity index is 0.00000176. The Labute approximate surface area is 134 Å². The maximum absolute atomic E-state index is 12.7. The van der Waals surface area contributed by atoms with E-state index in [1.165, 1.54) is 11.0 Å². The molecule has 3 rings (SSSR count). The molecule has 1 fully saturated rings. The number of carbonyl (C=O) groups is 1. The molecule has 2 heterocycles. The molecule has 7 nitrogen and oxygen atoms in total. The molecule has 0 bridgehead atoms. The lowest BCUT2D eigenvalue weighted by Crippen LogP contribution is -2.40. The smallest absolute Gasteiger partial charge is 0.256 e. The number of carbonyl (C=O) groups excluding carboxylic acids is 1. The van der Waals surface area contributed by atoms with Crippen molar-refractivity contribution in [2.45, 2.75) is 12.8 Å². The van der Waals surface area contributed by atoms with E-state index in [1.807, 2.05) is 29.2 Å². The SMILES string of the molecule is Cl.NCC1CCN(C(=O)c2ccccc2-n2cnnn2)CC1. The van der Waals surface area contributed by atoms with Crippen molar-refractivity contribution in [1.29, 1.82) is 0 Å². The van der Waals surface area contributed by atoms with E-state index in [9.17, 15) is 4.79 Å². The van der Waals surface area contributed by atoms with Crippen LogP contribution in [-0.2, 0) is 0 Å². The second kappa shape index (κ2) is 7.33. The molecule has 1 aliphatic rings. The number of nitrogens with zero attached hydrogens (tertiary/aromatic N) is 5. The Morgan fingerprint density at radius 2 is 2.00 bits per heavy atom. The summed E-state index contributed by atoms with van der Waals surface area (Å²) in [6.07, 6.45) is 3.43. The van der Waals surface area contributed by atoms with E-state index in [0.717, 1.165) is 25.9 Å². The number of likely N-dealkylation sites (tertiary alicyclic amines) is 1. The van der Waals surface area contributed by atoms with E-state index >= 15 is 0 Å². The topological polar surface area (TPSA) is 89.9 Å². The average molecular weight is 323 g/mol. The van der Waals surface area contributed by atoms with Crippen molar-refractivity contribution in [2.75, 3.05) is 19.6 Å². The lowest BCUT2D eigenvalue weighted by molar-refractivity contribution is 0.0693. The third kappa shape index (κ3) is 3.26. The standard InChI is InChI=1S/C14H18N6O.ClH/c15-9-11-5-7-19(8-6-11)14(21)12-3-1-2-4-13(12)20-10-16-17-18-20;/h1-4,10-11H,5-9,15H2;1H. The summed E-state index contributed by atoms with van der Waals surface area (Å²) < 4.78 is 1.51. The van der Waals surface area contributed by atoms with Crippen LogP contribution in [-0.4, -0.2) is 50.6 Å². The number of rotatable bonds is 3. The fourth-order valence-electron chi connectivity index (χ4n) is 2.67. The number of halogens is 1. The molecule has 0 unspecified atom stereocenters. The van der Waals surface area contributed by atoms with Crippen LogP contribution in [0.3, 0.4) is 0 Å². The monoisotopic (exact) mass is 322 g/mol. The van der Waals surface area contributed by atoms with E-state index < -0.39 is 0 Å². The Bertz CT molecular complexity index is 610. The van der Waals surface area contributed by atoms with Crippen LogP contribution in [0.1, 0.15) is 23.2 Å². The van der Waals surface area contributed by atoms with E-state index in [2.05, 4.69) is 15.5 Å². The highest BCUT2D eigenvalue weighted by molar-refractivity contribution is 5.97. The van der Waals surface area contributed by atoms with Gasteiger partial charge in [0.1, 0.15) is 6.33 Å². The third-order valence-corrected chi connectivity index (χ3v) is 3.97. The minimum absolute atomic E-state index is 0. The first-order chi connectivity index (χ1) is 10.3. The largest absolute Gasteiger partial charge is 0.339 e. The zero-order valence-electron chi connectivity index (χ0n) is 12.1. The Kier molecular flexibility index (Phi) is 5.46. The molecular formula is C14H19ClN6O. The molecular weight excluding hydrogens is 304 g/mol. The maximum Gasteiger partial charge on any atom is 0.256 e. The van der Waals surface area contributed by atoms with Gasteiger partial charge in [0.2, 0.25) is 0 Å². The van der Waals surface area contributed by atoms with E-state index in [0.29, 0.717) is 23.7 Å². The summed E-state index contributed by atoms with van der Waals surface area (Å²) in [7, 11) is 0. The van der Waals surface area contributed by atoms with Gasteiger partial charge in [-0.15, -0.1) is 17.5 Å². The van der Waals surface area contributed by atoms with Crippen LogP contribution in [0, 0.1) is 5.92 Å². The third-order valence-electron chi connectivity index (χ3n) is 3.97. The maximum atomic E-state index is 12.7. The van der Waals surface area contributed by atoms with Crippen molar-refractivity contribution in [1.82, 2.24) is 25.1 Å². The summed E-state index contributed by atoms with van der Waals surface area (Å²) in [5, 5.41) is 11.1. The molecule has 1 saturated heterocycles. The van der Waals surface area contributed by atoms with Crippen LogP contribution in [0.5, 0.6) is 0 Å². The second-order valence-corrected chi connectivity index (χ2v) is 5.24. The number of tetrazole rings is 1. The highest BCUT2D eigenvalue weighted by Gasteiger charge is 2.24. The van der Waals surface area contributed by atoms with Gasteiger partial charge in [0.25, 0.3) is 5.91 Å². The predicted molar refractivity (Wildman–Crippen MR) is 84.1 cm³/mol. The van der Waals surface area contributed by atoms with Crippen molar-refractivity contribution in [3.63, 3.8) is 0 Å². The first kappa shape index (κ1) is 16.4. The minimum atomic E-state index is 0.